The Kier molecular flexibility index (Phi) is 4.46. The number of carbonyl (C=O) groups is 2. The molecule has 1 heterocycles. The van der Waals surface area contributed by atoms with Crippen molar-refractivity contribution in [1.29, 1.82) is 0 Å². The molecule has 0 aliphatic carbocycles. The highest BCUT2D eigenvalue weighted by atomic mass is 32.2. The van der Waals surface area contributed by atoms with Gasteiger partial charge in [-0.3, -0.25) is 0 Å². The molecule has 2 N–H and O–H groups in total. The highest BCUT2D eigenvalue weighted by molar-refractivity contribution is 7.99. The quantitative estimate of drug-likeness (QED) is 0.762. The number of carboxylic acids is 1. The molecule has 1 aliphatic rings. The molecule has 0 aromatic rings. The van der Waals surface area contributed by atoms with Crippen molar-refractivity contribution in [2.45, 2.75) is 25.8 Å². The highest BCUT2D eigenvalue weighted by Crippen LogP contribution is 2.11. The van der Waals surface area contributed by atoms with Crippen LogP contribution in [0.25, 0.3) is 0 Å². The number of hydrogen-bond donors (Lipinski definition) is 2. The average molecular weight is 246 g/mol. The fourth-order valence-corrected chi connectivity index (χ4v) is 2.24. The summed E-state index contributed by atoms with van der Waals surface area (Å²) < 4.78 is 0. The van der Waals surface area contributed by atoms with Gasteiger partial charge in [0.05, 0.1) is 0 Å². The second-order valence-corrected chi connectivity index (χ2v) is 5.54. The second-order valence-electron chi connectivity index (χ2n) is 4.31. The minimum absolute atomic E-state index is 0.282. The van der Waals surface area contributed by atoms with E-state index in [2.05, 4.69) is 5.32 Å². The van der Waals surface area contributed by atoms with E-state index in [1.807, 2.05) is 11.8 Å². The fraction of sp³-hybridized carbons (Fsp3) is 0.800. The smallest absolute Gasteiger partial charge is 0.328 e. The molecule has 0 aromatic heterocycles. The zero-order valence-electron chi connectivity index (χ0n) is 9.65. The van der Waals surface area contributed by atoms with Gasteiger partial charge >= 0.3 is 12.0 Å². The molecule has 0 spiro atoms. The Bertz CT molecular complexity index is 273. The summed E-state index contributed by atoms with van der Waals surface area (Å²) in [5.41, 5.74) is -1.21. The van der Waals surface area contributed by atoms with Crippen molar-refractivity contribution in [3.8, 4) is 0 Å². The van der Waals surface area contributed by atoms with E-state index in [0.717, 1.165) is 17.9 Å². The molecule has 6 heteroatoms. The molecule has 92 valence electrons. The van der Waals surface area contributed by atoms with Crippen molar-refractivity contribution in [3.05, 3.63) is 0 Å². The molecule has 0 saturated carbocycles. The summed E-state index contributed by atoms with van der Waals surface area (Å²) in [5.74, 6) is 0.956. The Labute approximate surface area is 99.6 Å². The Morgan fingerprint density at radius 3 is 2.62 bits per heavy atom. The molecule has 1 rings (SSSR count). The first-order valence-electron chi connectivity index (χ1n) is 5.32. The monoisotopic (exact) mass is 246 g/mol. The van der Waals surface area contributed by atoms with Gasteiger partial charge in [0.15, 0.2) is 0 Å². The summed E-state index contributed by atoms with van der Waals surface area (Å²) in [6.45, 7) is 4.36. The number of thioether (sulfide) groups is 1. The molecule has 0 atom stereocenters. The van der Waals surface area contributed by atoms with Gasteiger partial charge in [0.2, 0.25) is 0 Å². The summed E-state index contributed by atoms with van der Waals surface area (Å²) >= 11 is 1.82. The number of carbonyl (C=O) groups excluding carboxylic acids is 1. The lowest BCUT2D eigenvalue weighted by Crippen LogP contribution is -2.54. The zero-order valence-corrected chi connectivity index (χ0v) is 10.5. The molecule has 16 heavy (non-hydrogen) atoms. The Hall–Kier alpha value is -0.910. The van der Waals surface area contributed by atoms with Crippen LogP contribution < -0.4 is 5.32 Å². The third-order valence-corrected chi connectivity index (χ3v) is 3.51. The lowest BCUT2D eigenvalue weighted by molar-refractivity contribution is -0.143. The van der Waals surface area contributed by atoms with E-state index in [1.54, 1.807) is 4.90 Å². The molecular weight excluding hydrogens is 228 g/mol. The highest BCUT2D eigenvalue weighted by Gasteiger charge is 2.30. The minimum atomic E-state index is -1.21. The van der Waals surface area contributed by atoms with E-state index in [9.17, 15) is 9.59 Å². The van der Waals surface area contributed by atoms with Gasteiger partial charge in [-0.05, 0) is 26.0 Å². The van der Waals surface area contributed by atoms with Gasteiger partial charge in [-0.25, -0.2) is 9.59 Å². The topological polar surface area (TPSA) is 69.6 Å². The molecule has 5 nitrogen and oxygen atoms in total. The number of nitrogens with one attached hydrogen (secondary N) is 1. The molecule has 0 unspecified atom stereocenters. The fourth-order valence-electron chi connectivity index (χ4n) is 1.35. The Morgan fingerprint density at radius 2 is 2.00 bits per heavy atom. The Balaban J connectivity index is 2.53. The largest absolute Gasteiger partial charge is 0.480 e. The number of urea groups is 1. The molecule has 0 bridgehead atoms. The van der Waals surface area contributed by atoms with Crippen molar-refractivity contribution < 1.29 is 14.7 Å². The standard InChI is InChI=1S/C10H18N2O3S/c1-10(2,8(13)14)11-9(15)12-4-3-6-16-7-5-12/h3-7H2,1-2H3,(H,11,15)(H,13,14). The summed E-state index contributed by atoms with van der Waals surface area (Å²) in [4.78, 5) is 24.4. The number of rotatable bonds is 2. The third kappa shape index (κ3) is 3.59. The first-order chi connectivity index (χ1) is 7.43. The van der Waals surface area contributed by atoms with Gasteiger partial charge in [-0.2, -0.15) is 11.8 Å². The van der Waals surface area contributed by atoms with Crippen molar-refractivity contribution in [3.63, 3.8) is 0 Å². The molecular formula is C10H18N2O3S. The first kappa shape index (κ1) is 13.2. The van der Waals surface area contributed by atoms with E-state index in [1.165, 1.54) is 13.8 Å². The van der Waals surface area contributed by atoms with Crippen LogP contribution >= 0.6 is 11.8 Å². The summed E-state index contributed by atoms with van der Waals surface area (Å²) in [6, 6.07) is -0.282. The van der Waals surface area contributed by atoms with Crippen LogP contribution in [0.4, 0.5) is 4.79 Å². The Morgan fingerprint density at radius 1 is 1.31 bits per heavy atom. The molecule has 2 amide bonds. The van der Waals surface area contributed by atoms with E-state index < -0.39 is 11.5 Å². The van der Waals surface area contributed by atoms with Crippen molar-refractivity contribution in [2.24, 2.45) is 0 Å². The SMILES string of the molecule is CC(C)(NC(=O)N1CCCSCC1)C(=O)O. The van der Waals surface area contributed by atoms with Gasteiger partial charge in [0.25, 0.3) is 0 Å². The van der Waals surface area contributed by atoms with Crippen molar-refractivity contribution in [1.82, 2.24) is 10.2 Å². The summed E-state index contributed by atoms with van der Waals surface area (Å²) in [6.07, 6.45) is 0.964. The van der Waals surface area contributed by atoms with Crippen LogP contribution in [0.1, 0.15) is 20.3 Å². The normalized spacial score (nSPS) is 17.8. The third-order valence-electron chi connectivity index (χ3n) is 2.46. The zero-order chi connectivity index (χ0) is 12.2. The van der Waals surface area contributed by atoms with Gasteiger partial charge in [0.1, 0.15) is 5.54 Å². The van der Waals surface area contributed by atoms with Crippen LogP contribution in [0, 0.1) is 0 Å². The van der Waals surface area contributed by atoms with E-state index >= 15 is 0 Å². The van der Waals surface area contributed by atoms with Crippen LogP contribution in [0.5, 0.6) is 0 Å². The van der Waals surface area contributed by atoms with E-state index in [-0.39, 0.29) is 6.03 Å². The maximum Gasteiger partial charge on any atom is 0.328 e. The number of hydrogen-bond acceptors (Lipinski definition) is 3. The van der Waals surface area contributed by atoms with Gasteiger partial charge in [-0.15, -0.1) is 0 Å². The summed E-state index contributed by atoms with van der Waals surface area (Å²) in [7, 11) is 0. The van der Waals surface area contributed by atoms with Crippen LogP contribution in [0.2, 0.25) is 0 Å². The van der Waals surface area contributed by atoms with E-state index in [0.29, 0.717) is 13.1 Å². The molecule has 0 radical (unpaired) electrons. The van der Waals surface area contributed by atoms with Crippen molar-refractivity contribution >= 4 is 23.8 Å². The van der Waals surface area contributed by atoms with Crippen LogP contribution in [-0.4, -0.2) is 52.1 Å². The number of amides is 2. The number of carboxylic acid groups (broad SMARTS) is 1. The average Bonchev–Trinajstić information content (AvgIpc) is 2.44. The van der Waals surface area contributed by atoms with E-state index in [4.69, 9.17) is 5.11 Å². The van der Waals surface area contributed by atoms with Gasteiger partial charge < -0.3 is 15.3 Å². The van der Waals surface area contributed by atoms with Crippen LogP contribution in [0.15, 0.2) is 0 Å². The molecule has 1 fully saturated rings. The lowest BCUT2D eigenvalue weighted by atomic mass is 10.1. The van der Waals surface area contributed by atoms with Gasteiger partial charge in [0, 0.05) is 18.8 Å². The van der Waals surface area contributed by atoms with Crippen LogP contribution in [-0.2, 0) is 4.79 Å². The maximum atomic E-state index is 11.8. The summed E-state index contributed by atoms with van der Waals surface area (Å²) in [5, 5.41) is 11.4. The maximum absolute atomic E-state index is 11.8. The molecule has 0 aromatic carbocycles. The lowest BCUT2D eigenvalue weighted by Gasteiger charge is -2.27. The van der Waals surface area contributed by atoms with Crippen molar-refractivity contribution in [2.75, 3.05) is 24.6 Å². The molecule has 1 saturated heterocycles. The minimum Gasteiger partial charge on any atom is -0.480 e. The number of aliphatic carboxylic acids is 1. The first-order valence-corrected chi connectivity index (χ1v) is 6.47. The number of nitrogens with zero attached hydrogens (tertiary/aromatic N) is 1. The van der Waals surface area contributed by atoms with Gasteiger partial charge in [-0.1, -0.05) is 0 Å². The predicted octanol–water partition coefficient (Wildman–Crippen LogP) is 0.998. The molecule has 1 aliphatic heterocycles. The predicted molar refractivity (Wildman–Crippen MR) is 63.8 cm³/mol. The van der Waals surface area contributed by atoms with Crippen LogP contribution in [0.3, 0.4) is 0 Å². The second kappa shape index (κ2) is 5.43.